The minimum Gasteiger partial charge on any atom is -0.394 e. The van der Waals surface area contributed by atoms with Crippen LogP contribution in [0.3, 0.4) is 0 Å². The van der Waals surface area contributed by atoms with Crippen molar-refractivity contribution in [3.05, 3.63) is 6.20 Å². The Kier molecular flexibility index (Phi) is 2.68. The van der Waals surface area contributed by atoms with E-state index in [1.807, 2.05) is 4.68 Å². The fraction of sp³-hybridized carbons (Fsp3) is 0.750. The molecule has 1 atom stereocenters. The summed E-state index contributed by atoms with van der Waals surface area (Å²) in [6.45, 7) is 1.65. The molecule has 0 aromatic carbocycles. The first-order valence-electron chi connectivity index (χ1n) is 6.47. The van der Waals surface area contributed by atoms with Gasteiger partial charge >= 0.3 is 0 Å². The van der Waals surface area contributed by atoms with Crippen molar-refractivity contribution in [1.82, 2.24) is 9.78 Å². The van der Waals surface area contributed by atoms with E-state index in [1.54, 1.807) is 6.20 Å². The molecular weight excluding hydrogens is 219 g/mol. The smallest absolute Gasteiger partial charge is 0.150 e. The van der Waals surface area contributed by atoms with Gasteiger partial charge in [-0.05, 0) is 32.1 Å². The van der Waals surface area contributed by atoms with E-state index in [2.05, 4.69) is 10.00 Å². The Morgan fingerprint density at radius 1 is 1.24 bits per heavy atom. The molecule has 0 unspecified atom stereocenters. The molecule has 1 saturated carbocycles. The van der Waals surface area contributed by atoms with Crippen molar-refractivity contribution >= 4 is 11.5 Å². The molecule has 17 heavy (non-hydrogen) atoms. The van der Waals surface area contributed by atoms with Gasteiger partial charge < -0.3 is 10.6 Å². The van der Waals surface area contributed by atoms with E-state index in [0.717, 1.165) is 31.0 Å². The number of hydrogen-bond donors (Lipinski definition) is 1. The highest BCUT2D eigenvalue weighted by Gasteiger charge is 2.30. The average molecular weight is 238 g/mol. The Bertz CT molecular complexity index is 399. The molecule has 3 rings (SSSR count). The molecule has 1 aromatic rings. The summed E-state index contributed by atoms with van der Waals surface area (Å²) in [5.74, 6) is 1.02. The maximum absolute atomic E-state index is 13.4. The number of anilines is 2. The Labute approximate surface area is 101 Å². The fourth-order valence-corrected chi connectivity index (χ4v) is 2.55. The lowest BCUT2D eigenvalue weighted by Gasteiger charge is -2.24. The second kappa shape index (κ2) is 4.20. The van der Waals surface area contributed by atoms with Crippen LogP contribution in [0.5, 0.6) is 0 Å². The second-order valence-corrected chi connectivity index (χ2v) is 5.11. The van der Waals surface area contributed by atoms with Gasteiger partial charge in [-0.2, -0.15) is 5.10 Å². The van der Waals surface area contributed by atoms with Crippen molar-refractivity contribution in [2.24, 2.45) is 0 Å². The molecule has 0 spiro atoms. The van der Waals surface area contributed by atoms with Crippen LogP contribution in [0, 0.1) is 0 Å². The largest absolute Gasteiger partial charge is 0.394 e. The van der Waals surface area contributed by atoms with Crippen molar-refractivity contribution in [1.29, 1.82) is 0 Å². The molecule has 0 bridgehead atoms. The summed E-state index contributed by atoms with van der Waals surface area (Å²) in [7, 11) is 0. The van der Waals surface area contributed by atoms with Gasteiger partial charge in [0, 0.05) is 13.1 Å². The molecule has 2 N–H and O–H groups in total. The van der Waals surface area contributed by atoms with E-state index in [9.17, 15) is 4.39 Å². The molecule has 4 nitrogen and oxygen atoms in total. The first kappa shape index (κ1) is 10.9. The zero-order valence-corrected chi connectivity index (χ0v) is 9.98. The number of nitrogens with zero attached hydrogens (tertiary/aromatic N) is 3. The van der Waals surface area contributed by atoms with E-state index < -0.39 is 6.17 Å². The zero-order valence-electron chi connectivity index (χ0n) is 9.98. The first-order valence-corrected chi connectivity index (χ1v) is 6.47. The number of halogens is 1. The highest BCUT2D eigenvalue weighted by Crippen LogP contribution is 2.40. The topological polar surface area (TPSA) is 47.1 Å². The standard InChI is InChI=1S/C12H19FN4/c13-9-2-1-6-16(7-5-9)12-11(14)8-15-17(12)10-3-4-10/h8-10H,1-7,14H2/t9-/m1/s1. The Morgan fingerprint density at radius 3 is 2.82 bits per heavy atom. The predicted octanol–water partition coefficient (Wildman–Crippen LogP) is 2.13. The van der Waals surface area contributed by atoms with Gasteiger partial charge in [0.15, 0.2) is 5.82 Å². The molecule has 0 radical (unpaired) electrons. The van der Waals surface area contributed by atoms with Crippen LogP contribution >= 0.6 is 0 Å². The molecule has 2 heterocycles. The summed E-state index contributed by atoms with van der Waals surface area (Å²) < 4.78 is 15.4. The third kappa shape index (κ3) is 2.10. The van der Waals surface area contributed by atoms with Gasteiger partial charge in [-0.3, -0.25) is 0 Å². The number of aromatic nitrogens is 2. The van der Waals surface area contributed by atoms with Crippen molar-refractivity contribution in [2.75, 3.05) is 23.7 Å². The van der Waals surface area contributed by atoms with Crippen LogP contribution in [-0.4, -0.2) is 29.0 Å². The first-order chi connectivity index (χ1) is 8.25. The third-order valence-electron chi connectivity index (χ3n) is 3.65. The van der Waals surface area contributed by atoms with Gasteiger partial charge in [-0.25, -0.2) is 9.07 Å². The van der Waals surface area contributed by atoms with Crippen LogP contribution in [0.4, 0.5) is 15.9 Å². The Balaban J connectivity index is 1.84. The van der Waals surface area contributed by atoms with Crippen LogP contribution in [0.1, 0.15) is 38.1 Å². The maximum atomic E-state index is 13.4. The van der Waals surface area contributed by atoms with Gasteiger partial charge in [-0.1, -0.05) is 0 Å². The highest BCUT2D eigenvalue weighted by atomic mass is 19.1. The van der Waals surface area contributed by atoms with Crippen molar-refractivity contribution in [3.8, 4) is 0 Å². The van der Waals surface area contributed by atoms with E-state index in [4.69, 9.17) is 5.73 Å². The number of hydrogen-bond acceptors (Lipinski definition) is 3. The number of nitrogen functional groups attached to an aromatic ring is 1. The quantitative estimate of drug-likeness (QED) is 0.858. The summed E-state index contributed by atoms with van der Waals surface area (Å²) in [4.78, 5) is 2.21. The summed E-state index contributed by atoms with van der Waals surface area (Å²) >= 11 is 0. The zero-order chi connectivity index (χ0) is 11.8. The lowest BCUT2D eigenvalue weighted by Crippen LogP contribution is -2.27. The molecule has 2 fully saturated rings. The summed E-state index contributed by atoms with van der Waals surface area (Å²) in [5, 5.41) is 4.36. The lowest BCUT2D eigenvalue weighted by atomic mass is 10.2. The molecule has 0 amide bonds. The van der Waals surface area contributed by atoms with E-state index >= 15 is 0 Å². The van der Waals surface area contributed by atoms with Crippen molar-refractivity contribution in [3.63, 3.8) is 0 Å². The second-order valence-electron chi connectivity index (χ2n) is 5.11. The number of nitrogens with two attached hydrogens (primary N) is 1. The molecule has 94 valence electrons. The van der Waals surface area contributed by atoms with Gasteiger partial charge in [0.1, 0.15) is 6.17 Å². The maximum Gasteiger partial charge on any atom is 0.150 e. The molecule has 2 aliphatic rings. The number of rotatable bonds is 2. The van der Waals surface area contributed by atoms with Gasteiger partial charge in [-0.15, -0.1) is 0 Å². The third-order valence-corrected chi connectivity index (χ3v) is 3.65. The Morgan fingerprint density at radius 2 is 2.06 bits per heavy atom. The molecule has 1 aliphatic heterocycles. The molecule has 1 saturated heterocycles. The van der Waals surface area contributed by atoms with Crippen LogP contribution in [0.25, 0.3) is 0 Å². The Hall–Kier alpha value is -1.26. The minimum atomic E-state index is -0.654. The average Bonchev–Trinajstić information content (AvgIpc) is 3.09. The fourth-order valence-electron chi connectivity index (χ4n) is 2.55. The van der Waals surface area contributed by atoms with Crippen LogP contribution < -0.4 is 10.6 Å². The molecule has 5 heteroatoms. The molecule has 1 aromatic heterocycles. The van der Waals surface area contributed by atoms with Crippen LogP contribution in [0.15, 0.2) is 6.20 Å². The van der Waals surface area contributed by atoms with Crippen LogP contribution in [0.2, 0.25) is 0 Å². The predicted molar refractivity (Wildman–Crippen MR) is 65.9 cm³/mol. The summed E-state index contributed by atoms with van der Waals surface area (Å²) in [6.07, 6.45) is 5.63. The minimum absolute atomic E-state index is 0.520. The monoisotopic (exact) mass is 238 g/mol. The van der Waals surface area contributed by atoms with Gasteiger partial charge in [0.05, 0.1) is 17.9 Å². The van der Waals surface area contributed by atoms with Crippen molar-refractivity contribution < 1.29 is 4.39 Å². The highest BCUT2D eigenvalue weighted by molar-refractivity contribution is 5.63. The van der Waals surface area contributed by atoms with Gasteiger partial charge in [0.2, 0.25) is 0 Å². The summed E-state index contributed by atoms with van der Waals surface area (Å²) in [6, 6.07) is 0.520. The van der Waals surface area contributed by atoms with E-state index in [1.165, 1.54) is 12.8 Å². The molecule has 1 aliphatic carbocycles. The van der Waals surface area contributed by atoms with Crippen LogP contribution in [-0.2, 0) is 0 Å². The lowest BCUT2D eigenvalue weighted by molar-refractivity contribution is 0.307. The number of alkyl halides is 1. The normalized spacial score (nSPS) is 25.9. The van der Waals surface area contributed by atoms with Crippen molar-refractivity contribution in [2.45, 2.75) is 44.3 Å². The molecular formula is C12H19FN4. The summed E-state index contributed by atoms with van der Waals surface area (Å²) in [5.41, 5.74) is 6.74. The van der Waals surface area contributed by atoms with Gasteiger partial charge in [0.25, 0.3) is 0 Å². The SMILES string of the molecule is Nc1cnn(C2CC2)c1N1CCC[C@@H](F)CC1. The van der Waals surface area contributed by atoms with E-state index in [0.29, 0.717) is 18.9 Å². The van der Waals surface area contributed by atoms with E-state index in [-0.39, 0.29) is 0 Å².